The summed E-state index contributed by atoms with van der Waals surface area (Å²) in [4.78, 5) is 4.01. The van der Waals surface area contributed by atoms with Crippen molar-refractivity contribution < 1.29 is 4.74 Å². The molecule has 2 rings (SSSR count). The van der Waals surface area contributed by atoms with Crippen LogP contribution in [0.3, 0.4) is 0 Å². The summed E-state index contributed by atoms with van der Waals surface area (Å²) in [5.41, 5.74) is 7.03. The van der Waals surface area contributed by atoms with Crippen molar-refractivity contribution in [3.63, 3.8) is 0 Å². The quantitative estimate of drug-likeness (QED) is 0.776. The lowest BCUT2D eigenvalue weighted by molar-refractivity contribution is 0.298. The van der Waals surface area contributed by atoms with Crippen LogP contribution < -0.4 is 10.5 Å². The normalized spacial score (nSPS) is 12.3. The largest absolute Gasteiger partial charge is 0.493 e. The van der Waals surface area contributed by atoms with E-state index in [0.717, 1.165) is 25.1 Å². The van der Waals surface area contributed by atoms with Crippen LogP contribution in [0.2, 0.25) is 0 Å². The molecular weight excluding hydrogens is 238 g/mol. The minimum absolute atomic E-state index is 0.149. The summed E-state index contributed by atoms with van der Waals surface area (Å²) >= 11 is 0. The van der Waals surface area contributed by atoms with Crippen LogP contribution in [-0.4, -0.2) is 22.2 Å². The summed E-state index contributed by atoms with van der Waals surface area (Å²) in [6, 6.07) is 8.26. The molecule has 19 heavy (non-hydrogen) atoms. The van der Waals surface area contributed by atoms with E-state index in [9.17, 15) is 0 Å². The molecule has 0 aliphatic rings. The third kappa shape index (κ3) is 4.41. The lowest BCUT2D eigenvalue weighted by Crippen LogP contribution is -2.18. The van der Waals surface area contributed by atoms with Gasteiger partial charge in [0.2, 0.25) is 0 Å². The van der Waals surface area contributed by atoms with E-state index in [1.165, 1.54) is 5.56 Å². The maximum Gasteiger partial charge on any atom is 0.122 e. The van der Waals surface area contributed by atoms with Crippen LogP contribution in [0.15, 0.2) is 43.0 Å². The van der Waals surface area contributed by atoms with Crippen LogP contribution in [-0.2, 0) is 13.0 Å². The number of aromatic nitrogens is 2. The molecular formula is C15H21N3O. The molecule has 0 amide bonds. The first-order valence-electron chi connectivity index (χ1n) is 6.67. The zero-order valence-electron chi connectivity index (χ0n) is 11.3. The summed E-state index contributed by atoms with van der Waals surface area (Å²) in [7, 11) is 0. The zero-order chi connectivity index (χ0) is 13.5. The van der Waals surface area contributed by atoms with Crippen molar-refractivity contribution in [2.24, 2.45) is 5.73 Å². The summed E-state index contributed by atoms with van der Waals surface area (Å²) in [6.45, 7) is 3.64. The molecule has 4 heteroatoms. The van der Waals surface area contributed by atoms with Gasteiger partial charge < -0.3 is 15.0 Å². The molecule has 0 saturated carbocycles. The number of imidazole rings is 1. The Morgan fingerprint density at radius 2 is 2.21 bits per heavy atom. The van der Waals surface area contributed by atoms with E-state index >= 15 is 0 Å². The third-order valence-electron chi connectivity index (χ3n) is 2.89. The lowest BCUT2D eigenvalue weighted by atomic mass is 10.1. The second kappa shape index (κ2) is 6.95. The fourth-order valence-corrected chi connectivity index (χ4v) is 2.01. The first-order valence-corrected chi connectivity index (χ1v) is 6.67. The van der Waals surface area contributed by atoms with Crippen molar-refractivity contribution in [3.05, 3.63) is 48.5 Å². The molecule has 1 aromatic heterocycles. The smallest absolute Gasteiger partial charge is 0.122 e. The average molecular weight is 259 g/mol. The van der Waals surface area contributed by atoms with Gasteiger partial charge in [-0.1, -0.05) is 18.2 Å². The molecule has 4 nitrogen and oxygen atoms in total. The highest BCUT2D eigenvalue weighted by Gasteiger charge is 2.05. The maximum absolute atomic E-state index is 5.85. The molecule has 0 bridgehead atoms. The fourth-order valence-electron chi connectivity index (χ4n) is 2.01. The van der Waals surface area contributed by atoms with Gasteiger partial charge in [0.1, 0.15) is 5.75 Å². The average Bonchev–Trinajstić information content (AvgIpc) is 2.89. The molecule has 0 aliphatic heterocycles. The summed E-state index contributed by atoms with van der Waals surface area (Å²) in [5, 5.41) is 0. The van der Waals surface area contributed by atoms with E-state index in [0.29, 0.717) is 6.61 Å². The number of benzene rings is 1. The third-order valence-corrected chi connectivity index (χ3v) is 2.89. The molecule has 102 valence electrons. The summed E-state index contributed by atoms with van der Waals surface area (Å²) in [5.74, 6) is 0.949. The van der Waals surface area contributed by atoms with Gasteiger partial charge in [0.05, 0.1) is 12.9 Å². The Morgan fingerprint density at radius 1 is 1.37 bits per heavy atom. The van der Waals surface area contributed by atoms with E-state index in [1.54, 1.807) is 6.20 Å². The molecule has 0 radical (unpaired) electrons. The number of ether oxygens (including phenoxy) is 1. The summed E-state index contributed by atoms with van der Waals surface area (Å²) in [6.07, 6.45) is 7.38. The highest BCUT2D eigenvalue weighted by atomic mass is 16.5. The van der Waals surface area contributed by atoms with E-state index in [2.05, 4.69) is 15.6 Å². The second-order valence-corrected chi connectivity index (χ2v) is 4.79. The van der Waals surface area contributed by atoms with Crippen molar-refractivity contribution in [1.82, 2.24) is 9.55 Å². The topological polar surface area (TPSA) is 53.1 Å². The number of hydrogen-bond acceptors (Lipinski definition) is 3. The Kier molecular flexibility index (Phi) is 4.98. The molecule has 0 spiro atoms. The molecule has 2 N–H and O–H groups in total. The zero-order valence-corrected chi connectivity index (χ0v) is 11.3. The van der Waals surface area contributed by atoms with Gasteiger partial charge in [-0.3, -0.25) is 0 Å². The Balaban J connectivity index is 1.82. The maximum atomic E-state index is 5.85. The Hall–Kier alpha value is -1.81. The number of nitrogens with two attached hydrogens (primary N) is 1. The first-order chi connectivity index (χ1) is 9.25. The van der Waals surface area contributed by atoms with Crippen molar-refractivity contribution >= 4 is 0 Å². The number of nitrogens with zero attached hydrogens (tertiary/aromatic N) is 2. The van der Waals surface area contributed by atoms with Crippen molar-refractivity contribution in [2.75, 3.05) is 6.61 Å². The minimum atomic E-state index is 0.149. The molecule has 1 unspecified atom stereocenters. The van der Waals surface area contributed by atoms with Crippen LogP contribution in [0.25, 0.3) is 0 Å². The van der Waals surface area contributed by atoms with E-state index in [-0.39, 0.29) is 6.04 Å². The predicted molar refractivity (Wildman–Crippen MR) is 76.1 cm³/mol. The van der Waals surface area contributed by atoms with Gasteiger partial charge in [-0.25, -0.2) is 4.98 Å². The van der Waals surface area contributed by atoms with Crippen LogP contribution in [0.1, 0.15) is 18.9 Å². The van der Waals surface area contributed by atoms with Gasteiger partial charge in [-0.2, -0.15) is 0 Å². The van der Waals surface area contributed by atoms with E-state index in [4.69, 9.17) is 10.5 Å². The van der Waals surface area contributed by atoms with Gasteiger partial charge in [0.25, 0.3) is 0 Å². The highest BCUT2D eigenvalue weighted by Crippen LogP contribution is 2.19. The standard InChI is InChI=1S/C15H21N3O/c1-13(16)11-14-5-2-3-6-15(14)19-10-4-8-18-9-7-17-12-18/h2-3,5-7,9,12-13H,4,8,10-11,16H2,1H3. The van der Waals surface area contributed by atoms with Crippen LogP contribution in [0.5, 0.6) is 5.75 Å². The molecule has 2 aromatic rings. The van der Waals surface area contributed by atoms with E-state index < -0.39 is 0 Å². The van der Waals surface area contributed by atoms with Gasteiger partial charge in [-0.05, 0) is 31.4 Å². The number of hydrogen-bond donors (Lipinski definition) is 1. The Bertz CT molecular complexity index is 480. The molecule has 0 aliphatic carbocycles. The molecule has 0 saturated heterocycles. The number of rotatable bonds is 7. The fraction of sp³-hybridized carbons (Fsp3) is 0.400. The molecule has 1 aromatic carbocycles. The summed E-state index contributed by atoms with van der Waals surface area (Å²) < 4.78 is 7.90. The molecule has 1 atom stereocenters. The van der Waals surface area contributed by atoms with Crippen molar-refractivity contribution in [2.45, 2.75) is 32.4 Å². The Labute approximate surface area is 114 Å². The Morgan fingerprint density at radius 3 is 2.95 bits per heavy atom. The van der Waals surface area contributed by atoms with Crippen LogP contribution in [0.4, 0.5) is 0 Å². The SMILES string of the molecule is CC(N)Cc1ccccc1OCCCn1ccnc1. The monoisotopic (exact) mass is 259 g/mol. The lowest BCUT2D eigenvalue weighted by Gasteiger charge is -2.13. The predicted octanol–water partition coefficient (Wildman–Crippen LogP) is 2.24. The second-order valence-electron chi connectivity index (χ2n) is 4.79. The minimum Gasteiger partial charge on any atom is -0.493 e. The van der Waals surface area contributed by atoms with Gasteiger partial charge in [0.15, 0.2) is 0 Å². The highest BCUT2D eigenvalue weighted by molar-refractivity contribution is 5.33. The van der Waals surface area contributed by atoms with Gasteiger partial charge in [0, 0.05) is 25.0 Å². The van der Waals surface area contributed by atoms with Gasteiger partial charge in [-0.15, -0.1) is 0 Å². The molecule has 0 fully saturated rings. The van der Waals surface area contributed by atoms with Crippen LogP contribution in [0, 0.1) is 0 Å². The van der Waals surface area contributed by atoms with E-state index in [1.807, 2.05) is 37.6 Å². The molecule has 1 heterocycles. The number of para-hydroxylation sites is 1. The van der Waals surface area contributed by atoms with Crippen molar-refractivity contribution in [3.8, 4) is 5.75 Å². The van der Waals surface area contributed by atoms with Crippen LogP contribution >= 0.6 is 0 Å². The van der Waals surface area contributed by atoms with Gasteiger partial charge >= 0.3 is 0 Å². The van der Waals surface area contributed by atoms with Crippen molar-refractivity contribution in [1.29, 1.82) is 0 Å². The first kappa shape index (κ1) is 13.6. The number of aryl methyl sites for hydroxylation is 1.